The third kappa shape index (κ3) is 7.48. The second-order valence-electron chi connectivity index (χ2n) is 9.19. The Bertz CT molecular complexity index is 1550. The summed E-state index contributed by atoms with van der Waals surface area (Å²) in [5.74, 6) is -2.72. The number of aromatic nitrogens is 1. The quantitative estimate of drug-likeness (QED) is 0.138. The van der Waals surface area contributed by atoms with Crippen LogP contribution in [0.3, 0.4) is 0 Å². The Morgan fingerprint density at radius 3 is 2.25 bits per heavy atom. The zero-order valence-corrected chi connectivity index (χ0v) is 22.8. The van der Waals surface area contributed by atoms with Gasteiger partial charge in [-0.15, -0.1) is 0 Å². The Morgan fingerprint density at radius 1 is 1.02 bits per heavy atom. The lowest BCUT2D eigenvalue weighted by molar-refractivity contribution is 0.0748. The summed E-state index contributed by atoms with van der Waals surface area (Å²) >= 11 is 0. The van der Waals surface area contributed by atoms with Gasteiger partial charge in [0.15, 0.2) is 0 Å². The summed E-state index contributed by atoms with van der Waals surface area (Å²) < 4.78 is 28.1. The fourth-order valence-corrected chi connectivity index (χ4v) is 4.04. The molecule has 13 heteroatoms. The summed E-state index contributed by atoms with van der Waals surface area (Å²) in [6.45, 7) is 3.31. The number of rotatable bonds is 10. The Morgan fingerprint density at radius 2 is 1.68 bits per heavy atom. The number of nitrogen functional groups attached to an aromatic ring is 1. The third-order valence-electron chi connectivity index (χ3n) is 5.81. The van der Waals surface area contributed by atoms with Crippen LogP contribution in [-0.4, -0.2) is 61.0 Å². The first-order valence-corrected chi connectivity index (χ1v) is 13.8. The van der Waals surface area contributed by atoms with Crippen LogP contribution >= 0.6 is 0 Å². The molecule has 40 heavy (non-hydrogen) atoms. The van der Waals surface area contributed by atoms with Gasteiger partial charge in [-0.3, -0.25) is 20.0 Å². The molecule has 3 rings (SSSR count). The van der Waals surface area contributed by atoms with Crippen molar-refractivity contribution in [1.82, 2.24) is 10.3 Å². The van der Waals surface area contributed by atoms with Crippen molar-refractivity contribution in [2.24, 2.45) is 11.7 Å². The van der Waals surface area contributed by atoms with Crippen LogP contribution in [0, 0.1) is 11.3 Å². The lowest BCUT2D eigenvalue weighted by Crippen LogP contribution is -2.41. The molecule has 0 saturated carbocycles. The number of hydrogen-bond donors (Lipinski definition) is 5. The fourth-order valence-electron chi connectivity index (χ4n) is 3.67. The molecule has 6 N–H and O–H groups in total. The van der Waals surface area contributed by atoms with E-state index in [2.05, 4.69) is 19.8 Å². The van der Waals surface area contributed by atoms with E-state index in [4.69, 9.17) is 11.1 Å². The van der Waals surface area contributed by atoms with E-state index < -0.39 is 33.9 Å². The largest absolute Gasteiger partial charge is 0.394 e. The topological polar surface area (TPSA) is 202 Å². The third-order valence-corrected chi connectivity index (χ3v) is 6.27. The first kappa shape index (κ1) is 29.9. The number of benzene rings is 2. The van der Waals surface area contributed by atoms with Gasteiger partial charge in [0.25, 0.3) is 11.8 Å². The highest BCUT2D eigenvalue weighted by Gasteiger charge is 2.25. The van der Waals surface area contributed by atoms with Crippen molar-refractivity contribution in [3.8, 4) is 11.1 Å². The second-order valence-corrected chi connectivity index (χ2v) is 10.8. The Kier molecular flexibility index (Phi) is 9.35. The van der Waals surface area contributed by atoms with Gasteiger partial charge in [-0.1, -0.05) is 26.0 Å². The fraction of sp³-hybridized carbons (Fsp3) is 0.222. The van der Waals surface area contributed by atoms with E-state index in [0.29, 0.717) is 17.5 Å². The van der Waals surface area contributed by atoms with Crippen LogP contribution in [0.4, 0.5) is 5.69 Å². The average molecular weight is 568 g/mol. The molecule has 0 bridgehead atoms. The van der Waals surface area contributed by atoms with Gasteiger partial charge in [0, 0.05) is 28.6 Å². The van der Waals surface area contributed by atoms with Crippen LogP contribution in [0.5, 0.6) is 0 Å². The van der Waals surface area contributed by atoms with Gasteiger partial charge in [-0.25, -0.2) is 4.79 Å². The molecule has 0 aliphatic rings. The number of nitrogens with one attached hydrogen (secondary N) is 3. The molecule has 1 heterocycles. The van der Waals surface area contributed by atoms with Gasteiger partial charge in [0.05, 0.1) is 24.5 Å². The number of amidine groups is 1. The molecule has 0 fully saturated rings. The Balaban J connectivity index is 2.05. The zero-order chi connectivity index (χ0) is 29.6. The molecular formula is C27H29N5O7S. The summed E-state index contributed by atoms with van der Waals surface area (Å²) in [6.07, 6.45) is 2.07. The second kappa shape index (κ2) is 12.5. The molecule has 0 aliphatic heterocycles. The van der Waals surface area contributed by atoms with Crippen LogP contribution in [-0.2, 0) is 14.3 Å². The zero-order valence-electron chi connectivity index (χ0n) is 22.0. The van der Waals surface area contributed by atoms with E-state index in [-0.39, 0.29) is 46.3 Å². The summed E-state index contributed by atoms with van der Waals surface area (Å²) in [7, 11) is -4.22. The maximum absolute atomic E-state index is 13.2. The van der Waals surface area contributed by atoms with Gasteiger partial charge in [-0.2, -0.15) is 8.42 Å². The van der Waals surface area contributed by atoms with E-state index in [1.165, 1.54) is 30.5 Å². The molecule has 1 atom stereocenters. The molecule has 2 aromatic carbocycles. The standard InChI is InChI=1S/C27H29N5O7S/c1-15(2)22(14-33)32-25(34)17-8-11-19(21(13-17)27(36)39-40(3,37)38)20-5-4-12-30-23(20)26(35)31-18-9-6-16(7-10-18)24(28)29/h4-13,15,22,33H,14H2,1-3H3,(H3,28,29)(H,31,35)(H,32,34). The first-order valence-electron chi connectivity index (χ1n) is 12.0. The van der Waals surface area contributed by atoms with E-state index in [9.17, 15) is 27.9 Å². The minimum Gasteiger partial charge on any atom is -0.394 e. The highest BCUT2D eigenvalue weighted by molar-refractivity contribution is 7.86. The molecular weight excluding hydrogens is 538 g/mol. The van der Waals surface area contributed by atoms with Crippen LogP contribution in [0.2, 0.25) is 0 Å². The van der Waals surface area contributed by atoms with Gasteiger partial charge < -0.3 is 25.7 Å². The first-order chi connectivity index (χ1) is 18.8. The SMILES string of the molecule is CC(C)C(CO)NC(=O)c1ccc(-c2cccnc2C(=O)Nc2ccc(C(=N)N)cc2)c(C(=O)OS(C)(=O)=O)c1. The Labute approximate surface area is 231 Å². The van der Waals surface area contributed by atoms with Crippen LogP contribution < -0.4 is 16.4 Å². The molecule has 12 nitrogen and oxygen atoms in total. The number of amides is 2. The van der Waals surface area contributed by atoms with Crippen molar-refractivity contribution >= 4 is 39.4 Å². The van der Waals surface area contributed by atoms with Crippen molar-refractivity contribution in [3.63, 3.8) is 0 Å². The molecule has 2 amide bonds. The number of nitrogens with zero attached hydrogens (tertiary/aromatic N) is 1. The number of carbonyl (C=O) groups is 3. The van der Waals surface area contributed by atoms with E-state index in [1.807, 2.05) is 13.8 Å². The molecule has 0 aliphatic carbocycles. The van der Waals surface area contributed by atoms with Crippen LogP contribution in [0.15, 0.2) is 60.8 Å². The van der Waals surface area contributed by atoms with Crippen molar-refractivity contribution in [2.45, 2.75) is 19.9 Å². The van der Waals surface area contributed by atoms with Crippen molar-refractivity contribution < 1.29 is 32.1 Å². The molecule has 0 spiro atoms. The summed E-state index contributed by atoms with van der Waals surface area (Å²) in [5.41, 5.74) is 6.20. The molecule has 3 aromatic rings. The number of aliphatic hydroxyl groups excluding tert-OH is 1. The lowest BCUT2D eigenvalue weighted by atomic mass is 9.95. The highest BCUT2D eigenvalue weighted by Crippen LogP contribution is 2.29. The van der Waals surface area contributed by atoms with Crippen molar-refractivity contribution in [2.75, 3.05) is 18.2 Å². The molecule has 0 radical (unpaired) electrons. The lowest BCUT2D eigenvalue weighted by Gasteiger charge is -2.20. The molecule has 1 unspecified atom stereocenters. The van der Waals surface area contributed by atoms with Gasteiger partial charge in [-0.05, 0) is 53.9 Å². The van der Waals surface area contributed by atoms with E-state index in [0.717, 1.165) is 6.07 Å². The number of anilines is 1. The predicted molar refractivity (Wildman–Crippen MR) is 149 cm³/mol. The summed E-state index contributed by atoms with van der Waals surface area (Å²) in [6, 6.07) is 12.6. The summed E-state index contributed by atoms with van der Waals surface area (Å²) in [5, 5.41) is 22.4. The van der Waals surface area contributed by atoms with Gasteiger partial charge >= 0.3 is 16.1 Å². The smallest absolute Gasteiger partial charge is 0.354 e. The Hall–Kier alpha value is -4.62. The average Bonchev–Trinajstić information content (AvgIpc) is 2.90. The molecule has 210 valence electrons. The molecule has 1 aromatic heterocycles. The van der Waals surface area contributed by atoms with Gasteiger partial charge in [0.2, 0.25) is 0 Å². The number of nitrogens with two attached hydrogens (primary N) is 1. The van der Waals surface area contributed by atoms with Crippen molar-refractivity contribution in [1.29, 1.82) is 5.41 Å². The number of hydrogen-bond acceptors (Lipinski definition) is 9. The summed E-state index contributed by atoms with van der Waals surface area (Å²) in [4.78, 5) is 43.2. The van der Waals surface area contributed by atoms with Crippen molar-refractivity contribution in [3.05, 3.63) is 83.2 Å². The normalized spacial score (nSPS) is 11.9. The minimum atomic E-state index is -4.22. The number of pyridine rings is 1. The van der Waals surface area contributed by atoms with Gasteiger partial charge in [0.1, 0.15) is 11.5 Å². The maximum Gasteiger partial charge on any atom is 0.354 e. The van der Waals surface area contributed by atoms with Crippen LogP contribution in [0.25, 0.3) is 11.1 Å². The predicted octanol–water partition coefficient (Wildman–Crippen LogP) is 2.15. The number of aliphatic hydroxyl groups is 1. The maximum atomic E-state index is 13.2. The number of carbonyl (C=O) groups excluding carboxylic acids is 3. The minimum absolute atomic E-state index is 0.00348. The molecule has 0 saturated heterocycles. The van der Waals surface area contributed by atoms with Crippen LogP contribution in [0.1, 0.15) is 50.6 Å². The highest BCUT2D eigenvalue weighted by atomic mass is 32.2. The van der Waals surface area contributed by atoms with E-state index in [1.54, 1.807) is 24.3 Å². The van der Waals surface area contributed by atoms with E-state index >= 15 is 0 Å². The monoisotopic (exact) mass is 567 g/mol.